The van der Waals surface area contributed by atoms with Crippen LogP contribution in [0.5, 0.6) is 11.5 Å². The standard InChI is InChI=1S/C67H47NOSi/c1-7-21-48(22-8-1)50-35-39-54(40-36-50)68(55-41-37-51(38-42-55)49-23-9-2-10-24-49)56-43-44-59-61(47-56)67(52-25-11-3-12-26-52,53-27-13-4-14-28-53)60-45-46-64-66(65(59)60)69-62-33-19-20-34-63(62)70(64,57-29-15-5-16-30-57)58-31-17-6-18-32-58/h1-47H. The molecule has 2 aliphatic rings. The van der Waals surface area contributed by atoms with Crippen molar-refractivity contribution < 1.29 is 4.74 Å². The zero-order chi connectivity index (χ0) is 46.5. The van der Waals surface area contributed by atoms with Gasteiger partial charge in [0.05, 0.1) is 5.41 Å². The molecule has 0 saturated heterocycles. The number of nitrogens with zero attached hydrogens (tertiary/aromatic N) is 1. The molecule has 0 aromatic heterocycles. The van der Waals surface area contributed by atoms with Gasteiger partial charge in [-0.25, -0.2) is 0 Å². The Kier molecular flexibility index (Phi) is 10.1. The third kappa shape index (κ3) is 6.47. The summed E-state index contributed by atoms with van der Waals surface area (Å²) in [6.07, 6.45) is 0. The van der Waals surface area contributed by atoms with E-state index in [0.29, 0.717) is 0 Å². The van der Waals surface area contributed by atoms with Crippen molar-refractivity contribution in [1.82, 2.24) is 0 Å². The van der Waals surface area contributed by atoms with Crippen LogP contribution in [0.4, 0.5) is 17.1 Å². The van der Waals surface area contributed by atoms with Crippen LogP contribution >= 0.6 is 0 Å². The van der Waals surface area contributed by atoms with E-state index in [-0.39, 0.29) is 0 Å². The van der Waals surface area contributed by atoms with Crippen LogP contribution < -0.4 is 30.4 Å². The summed E-state index contributed by atoms with van der Waals surface area (Å²) in [5.74, 6) is 1.87. The van der Waals surface area contributed by atoms with Crippen molar-refractivity contribution in [2.45, 2.75) is 5.41 Å². The van der Waals surface area contributed by atoms with Crippen LogP contribution in [-0.2, 0) is 5.41 Å². The number of hydrogen-bond acceptors (Lipinski definition) is 2. The lowest BCUT2D eigenvalue weighted by molar-refractivity contribution is 0.488. The Morgan fingerprint density at radius 3 is 1.27 bits per heavy atom. The van der Waals surface area contributed by atoms with Gasteiger partial charge in [0.15, 0.2) is 8.07 Å². The number of ether oxygens (including phenoxy) is 1. The molecule has 0 amide bonds. The molecule has 0 spiro atoms. The predicted octanol–water partition coefficient (Wildman–Crippen LogP) is 14.3. The zero-order valence-electron chi connectivity index (χ0n) is 38.5. The fourth-order valence-corrected chi connectivity index (χ4v) is 16.6. The smallest absolute Gasteiger partial charge is 0.188 e. The van der Waals surface area contributed by atoms with Crippen molar-refractivity contribution in [2.75, 3.05) is 4.90 Å². The predicted molar refractivity (Wildman–Crippen MR) is 293 cm³/mol. The normalized spacial score (nSPS) is 13.5. The Labute approximate surface area is 411 Å². The summed E-state index contributed by atoms with van der Waals surface area (Å²) in [5.41, 5.74) is 14.4. The average Bonchev–Trinajstić information content (AvgIpc) is 3.75. The van der Waals surface area contributed by atoms with Crippen LogP contribution in [0.1, 0.15) is 22.3 Å². The Bertz CT molecular complexity index is 3480. The first-order chi connectivity index (χ1) is 34.7. The van der Waals surface area contributed by atoms with E-state index in [0.717, 1.165) is 34.1 Å². The summed E-state index contributed by atoms with van der Waals surface area (Å²) < 4.78 is 7.48. The monoisotopic (exact) mass is 909 g/mol. The number of para-hydroxylation sites is 1. The fraction of sp³-hybridized carbons (Fsp3) is 0.0149. The zero-order valence-corrected chi connectivity index (χ0v) is 39.5. The molecule has 0 saturated carbocycles. The van der Waals surface area contributed by atoms with E-state index in [1.54, 1.807) is 0 Å². The Morgan fingerprint density at radius 1 is 0.329 bits per heavy atom. The summed E-state index contributed by atoms with van der Waals surface area (Å²) >= 11 is 0. The van der Waals surface area contributed by atoms with E-state index >= 15 is 0 Å². The lowest BCUT2D eigenvalue weighted by Gasteiger charge is -2.41. The second-order valence-corrected chi connectivity index (χ2v) is 22.1. The van der Waals surface area contributed by atoms with Gasteiger partial charge >= 0.3 is 0 Å². The SMILES string of the molecule is c1ccc(-c2ccc(N(c3ccc(-c4ccccc4)cc3)c3ccc4c(c3)C(c3ccccc3)(c3ccccc3)c3ccc5c(c3-4)Oc3ccccc3[Si]5(c3ccccc3)c3ccccc3)cc2)cc1. The number of anilines is 3. The molecule has 11 aromatic carbocycles. The molecule has 3 heteroatoms. The minimum Gasteiger partial charge on any atom is -0.457 e. The highest BCUT2D eigenvalue weighted by molar-refractivity contribution is 7.20. The molecule has 0 atom stereocenters. The van der Waals surface area contributed by atoms with Crippen LogP contribution in [0.2, 0.25) is 0 Å². The molecule has 0 fully saturated rings. The molecule has 0 bridgehead atoms. The van der Waals surface area contributed by atoms with Crippen molar-refractivity contribution in [3.05, 3.63) is 307 Å². The molecule has 1 aliphatic carbocycles. The molecule has 330 valence electrons. The first kappa shape index (κ1) is 41.4. The number of rotatable bonds is 9. The van der Waals surface area contributed by atoms with Gasteiger partial charge in [-0.05, 0) is 113 Å². The first-order valence-corrected chi connectivity index (χ1v) is 26.2. The van der Waals surface area contributed by atoms with Crippen LogP contribution in [0.3, 0.4) is 0 Å². The summed E-state index contributed by atoms with van der Waals surface area (Å²) in [5, 5.41) is 5.18. The number of benzene rings is 11. The van der Waals surface area contributed by atoms with Crippen LogP contribution in [0.15, 0.2) is 285 Å². The second-order valence-electron chi connectivity index (χ2n) is 18.3. The number of hydrogen-bond donors (Lipinski definition) is 0. The van der Waals surface area contributed by atoms with E-state index in [4.69, 9.17) is 4.74 Å². The highest BCUT2D eigenvalue weighted by atomic mass is 28.3. The van der Waals surface area contributed by atoms with Crippen molar-refractivity contribution in [3.63, 3.8) is 0 Å². The lowest BCUT2D eigenvalue weighted by Crippen LogP contribution is -2.76. The maximum Gasteiger partial charge on any atom is 0.188 e. The van der Waals surface area contributed by atoms with Gasteiger partial charge in [0.25, 0.3) is 0 Å². The molecule has 0 radical (unpaired) electrons. The van der Waals surface area contributed by atoms with Crippen molar-refractivity contribution >= 4 is 45.9 Å². The van der Waals surface area contributed by atoms with E-state index in [1.165, 1.54) is 70.8 Å². The maximum atomic E-state index is 7.48. The lowest BCUT2D eigenvalue weighted by atomic mass is 9.67. The molecular weight excluding hydrogens is 863 g/mol. The van der Waals surface area contributed by atoms with Gasteiger partial charge in [0, 0.05) is 22.6 Å². The summed E-state index contributed by atoms with van der Waals surface area (Å²) in [6, 6.07) is 105. The van der Waals surface area contributed by atoms with Gasteiger partial charge in [-0.2, -0.15) is 0 Å². The number of fused-ring (bicyclic) bond motifs is 6. The average molecular weight is 910 g/mol. The third-order valence-corrected chi connectivity index (χ3v) is 19.5. The molecule has 1 heterocycles. The van der Waals surface area contributed by atoms with Gasteiger partial charge in [0.1, 0.15) is 11.5 Å². The molecule has 1 aliphatic heterocycles. The molecule has 0 unspecified atom stereocenters. The van der Waals surface area contributed by atoms with Gasteiger partial charge in [-0.15, -0.1) is 0 Å². The Morgan fingerprint density at radius 2 is 0.757 bits per heavy atom. The van der Waals surface area contributed by atoms with Gasteiger partial charge in [-0.1, -0.05) is 243 Å². The highest BCUT2D eigenvalue weighted by Crippen LogP contribution is 2.60. The molecule has 0 N–H and O–H groups in total. The van der Waals surface area contributed by atoms with Crippen LogP contribution in [0, 0.1) is 0 Å². The molecule has 11 aromatic rings. The van der Waals surface area contributed by atoms with E-state index < -0.39 is 13.5 Å². The van der Waals surface area contributed by atoms with E-state index in [9.17, 15) is 0 Å². The van der Waals surface area contributed by atoms with Gasteiger partial charge in [0.2, 0.25) is 0 Å². The molecule has 2 nitrogen and oxygen atoms in total. The van der Waals surface area contributed by atoms with Crippen molar-refractivity contribution in [3.8, 4) is 44.9 Å². The third-order valence-electron chi connectivity index (χ3n) is 14.7. The molecule has 70 heavy (non-hydrogen) atoms. The largest absolute Gasteiger partial charge is 0.457 e. The summed E-state index contributed by atoms with van der Waals surface area (Å²) in [6.45, 7) is 0. The highest BCUT2D eigenvalue weighted by Gasteiger charge is 2.53. The van der Waals surface area contributed by atoms with E-state index in [2.05, 4.69) is 290 Å². The summed E-state index contributed by atoms with van der Waals surface area (Å²) in [7, 11) is -2.95. The van der Waals surface area contributed by atoms with Crippen molar-refractivity contribution in [2.24, 2.45) is 0 Å². The molecule has 13 rings (SSSR count). The summed E-state index contributed by atoms with van der Waals surface area (Å²) in [4.78, 5) is 2.42. The van der Waals surface area contributed by atoms with Crippen LogP contribution in [0.25, 0.3) is 33.4 Å². The first-order valence-electron chi connectivity index (χ1n) is 24.2. The second kappa shape index (κ2) is 17.1. The van der Waals surface area contributed by atoms with E-state index in [1.807, 2.05) is 0 Å². The van der Waals surface area contributed by atoms with Gasteiger partial charge in [-0.3, -0.25) is 0 Å². The fourth-order valence-electron chi connectivity index (χ4n) is 11.7. The van der Waals surface area contributed by atoms with Gasteiger partial charge < -0.3 is 9.64 Å². The van der Waals surface area contributed by atoms with Crippen LogP contribution in [-0.4, -0.2) is 8.07 Å². The molecular formula is C67H47NOSi. The minimum atomic E-state index is -2.95. The minimum absolute atomic E-state index is 0.692. The maximum absolute atomic E-state index is 7.48. The topological polar surface area (TPSA) is 12.5 Å². The van der Waals surface area contributed by atoms with Crippen molar-refractivity contribution in [1.29, 1.82) is 0 Å². The Hall–Kier alpha value is -8.76. The quantitative estimate of drug-likeness (QED) is 0.134. The Balaban J connectivity index is 1.09.